The zero-order chi connectivity index (χ0) is 16.2. The minimum absolute atomic E-state index is 0.217. The first kappa shape index (κ1) is 17.2. The van der Waals surface area contributed by atoms with Crippen LogP contribution in [0.15, 0.2) is 60.9 Å². The van der Waals surface area contributed by atoms with Crippen LogP contribution < -0.4 is 4.57 Å². The maximum absolute atomic E-state index is 11.7. The first-order valence-electron chi connectivity index (χ1n) is 8.52. The van der Waals surface area contributed by atoms with Gasteiger partial charge in [-0.25, -0.2) is 9.36 Å². The quantitative estimate of drug-likeness (QED) is 0.374. The Balaban J connectivity index is 1.43. The molecule has 0 aliphatic carbocycles. The average Bonchev–Trinajstić information content (AvgIpc) is 2.61. The summed E-state index contributed by atoms with van der Waals surface area (Å²) in [7, 11) is 0. The lowest BCUT2D eigenvalue weighted by atomic mass is 10.1. The summed E-state index contributed by atoms with van der Waals surface area (Å²) in [6, 6.07) is 15.3. The second kappa shape index (κ2) is 10.5. The Hall–Kier alpha value is -2.16. The summed E-state index contributed by atoms with van der Waals surface area (Å²) in [6.07, 6.45) is 11.2. The van der Waals surface area contributed by atoms with Gasteiger partial charge in [-0.1, -0.05) is 43.5 Å². The highest BCUT2D eigenvalue weighted by atomic mass is 16.5. The van der Waals surface area contributed by atoms with E-state index in [2.05, 4.69) is 29.1 Å². The molecule has 0 aliphatic rings. The van der Waals surface area contributed by atoms with Crippen LogP contribution in [0, 0.1) is 0 Å². The summed E-state index contributed by atoms with van der Waals surface area (Å²) in [6.45, 7) is 1.61. The summed E-state index contributed by atoms with van der Waals surface area (Å²) in [4.78, 5) is 11.7. The van der Waals surface area contributed by atoms with E-state index in [1.165, 1.54) is 25.7 Å². The molecule has 1 heterocycles. The Kier molecular flexibility index (Phi) is 7.89. The van der Waals surface area contributed by atoms with Gasteiger partial charge in [-0.3, -0.25) is 0 Å². The summed E-state index contributed by atoms with van der Waals surface area (Å²) in [5.74, 6) is -0.217. The molecule has 3 heteroatoms. The number of aromatic nitrogens is 1. The summed E-state index contributed by atoms with van der Waals surface area (Å²) < 4.78 is 7.50. The largest absolute Gasteiger partial charge is 0.462 e. The minimum Gasteiger partial charge on any atom is -0.462 e. The van der Waals surface area contributed by atoms with Gasteiger partial charge in [-0.15, -0.1) is 0 Å². The van der Waals surface area contributed by atoms with Crippen molar-refractivity contribution in [3.05, 3.63) is 66.5 Å². The second-order valence-electron chi connectivity index (χ2n) is 5.74. The van der Waals surface area contributed by atoms with Crippen molar-refractivity contribution in [3.8, 4) is 0 Å². The fourth-order valence-electron chi connectivity index (χ4n) is 2.51. The molecule has 0 bridgehead atoms. The lowest BCUT2D eigenvalue weighted by Crippen LogP contribution is -2.32. The topological polar surface area (TPSA) is 30.2 Å². The predicted molar refractivity (Wildman–Crippen MR) is 91.1 cm³/mol. The maximum Gasteiger partial charge on any atom is 0.338 e. The molecule has 0 N–H and O–H groups in total. The fourth-order valence-corrected chi connectivity index (χ4v) is 2.51. The van der Waals surface area contributed by atoms with Crippen molar-refractivity contribution in [2.24, 2.45) is 0 Å². The monoisotopic (exact) mass is 312 g/mol. The van der Waals surface area contributed by atoms with Crippen LogP contribution in [0.3, 0.4) is 0 Å². The highest BCUT2D eigenvalue weighted by Gasteiger charge is 2.05. The van der Waals surface area contributed by atoms with Crippen molar-refractivity contribution in [3.63, 3.8) is 0 Å². The van der Waals surface area contributed by atoms with Crippen molar-refractivity contribution in [2.45, 2.75) is 45.1 Å². The van der Waals surface area contributed by atoms with E-state index in [0.29, 0.717) is 12.2 Å². The number of ether oxygens (including phenoxy) is 1. The molecule has 1 aromatic heterocycles. The van der Waals surface area contributed by atoms with E-state index in [4.69, 9.17) is 4.74 Å². The fraction of sp³-hybridized carbons (Fsp3) is 0.400. The van der Waals surface area contributed by atoms with Crippen molar-refractivity contribution in [1.82, 2.24) is 0 Å². The van der Waals surface area contributed by atoms with Crippen LogP contribution in [0.1, 0.15) is 48.9 Å². The third-order valence-electron chi connectivity index (χ3n) is 3.83. The van der Waals surface area contributed by atoms with Crippen molar-refractivity contribution < 1.29 is 14.1 Å². The van der Waals surface area contributed by atoms with E-state index >= 15 is 0 Å². The van der Waals surface area contributed by atoms with E-state index in [1.807, 2.05) is 24.3 Å². The summed E-state index contributed by atoms with van der Waals surface area (Å²) >= 11 is 0. The Morgan fingerprint density at radius 1 is 0.783 bits per heavy atom. The number of pyridine rings is 1. The third-order valence-corrected chi connectivity index (χ3v) is 3.83. The first-order chi connectivity index (χ1) is 11.4. The molecule has 3 nitrogen and oxygen atoms in total. The van der Waals surface area contributed by atoms with Gasteiger partial charge in [0.2, 0.25) is 0 Å². The zero-order valence-corrected chi connectivity index (χ0v) is 13.7. The lowest BCUT2D eigenvalue weighted by molar-refractivity contribution is -0.697. The van der Waals surface area contributed by atoms with Crippen LogP contribution in [0.2, 0.25) is 0 Å². The van der Waals surface area contributed by atoms with Crippen LogP contribution in [0.4, 0.5) is 0 Å². The van der Waals surface area contributed by atoms with Crippen LogP contribution in [-0.2, 0) is 11.3 Å². The minimum atomic E-state index is -0.217. The van der Waals surface area contributed by atoms with E-state index in [1.54, 1.807) is 12.1 Å². The molecule has 0 atom stereocenters. The molecular weight excluding hydrogens is 286 g/mol. The number of unbranched alkanes of at least 4 members (excludes halogenated alkanes) is 5. The number of rotatable bonds is 10. The summed E-state index contributed by atoms with van der Waals surface area (Å²) in [5, 5.41) is 0. The van der Waals surface area contributed by atoms with E-state index in [9.17, 15) is 4.79 Å². The molecule has 2 rings (SSSR count). The van der Waals surface area contributed by atoms with Gasteiger partial charge in [-0.05, 0) is 25.0 Å². The summed E-state index contributed by atoms with van der Waals surface area (Å²) in [5.41, 5.74) is 0.630. The molecule has 1 aromatic carbocycles. The highest BCUT2D eigenvalue weighted by molar-refractivity contribution is 5.89. The van der Waals surface area contributed by atoms with E-state index in [0.717, 1.165) is 19.4 Å². The van der Waals surface area contributed by atoms with Gasteiger partial charge in [0, 0.05) is 18.6 Å². The molecule has 0 spiro atoms. The Labute approximate surface area is 138 Å². The number of esters is 1. The number of hydrogen-bond donors (Lipinski definition) is 0. The maximum atomic E-state index is 11.7. The lowest BCUT2D eigenvalue weighted by Gasteiger charge is -2.04. The van der Waals surface area contributed by atoms with Crippen LogP contribution in [-0.4, -0.2) is 12.6 Å². The number of aryl methyl sites for hydroxylation is 1. The van der Waals surface area contributed by atoms with Crippen LogP contribution in [0.25, 0.3) is 0 Å². The molecule has 122 valence electrons. The van der Waals surface area contributed by atoms with Gasteiger partial charge in [0.05, 0.1) is 12.2 Å². The van der Waals surface area contributed by atoms with Gasteiger partial charge >= 0.3 is 5.97 Å². The second-order valence-corrected chi connectivity index (χ2v) is 5.74. The van der Waals surface area contributed by atoms with Crippen LogP contribution >= 0.6 is 0 Å². The van der Waals surface area contributed by atoms with Gasteiger partial charge < -0.3 is 4.74 Å². The standard InChI is InChI=1S/C20H26NO2/c22-20(19-13-7-5-8-14-19)23-18-12-4-2-1-3-9-15-21-16-10-6-11-17-21/h5-8,10-11,13-14,16-17H,1-4,9,12,15,18H2/q+1. The molecule has 0 fully saturated rings. The number of benzene rings is 1. The third kappa shape index (κ3) is 7.09. The smallest absolute Gasteiger partial charge is 0.338 e. The van der Waals surface area contributed by atoms with E-state index in [-0.39, 0.29) is 5.97 Å². The molecular formula is C20H26NO2+. The Morgan fingerprint density at radius 2 is 1.39 bits per heavy atom. The van der Waals surface area contributed by atoms with Gasteiger partial charge in [0.1, 0.15) is 6.54 Å². The predicted octanol–water partition coefficient (Wildman–Crippen LogP) is 4.17. The zero-order valence-electron chi connectivity index (χ0n) is 13.7. The Morgan fingerprint density at radius 3 is 2.13 bits per heavy atom. The Bertz CT molecular complexity index is 554. The highest BCUT2D eigenvalue weighted by Crippen LogP contribution is 2.07. The molecule has 0 amide bonds. The normalized spacial score (nSPS) is 10.4. The molecule has 0 aliphatic heterocycles. The van der Waals surface area contributed by atoms with Crippen molar-refractivity contribution in [1.29, 1.82) is 0 Å². The first-order valence-corrected chi connectivity index (χ1v) is 8.52. The number of carbonyl (C=O) groups is 1. The van der Waals surface area contributed by atoms with Crippen molar-refractivity contribution >= 4 is 5.97 Å². The number of carbonyl (C=O) groups excluding carboxylic acids is 1. The molecule has 0 saturated heterocycles. The number of hydrogen-bond acceptors (Lipinski definition) is 2. The van der Waals surface area contributed by atoms with Gasteiger partial charge in [0.15, 0.2) is 12.4 Å². The van der Waals surface area contributed by atoms with Crippen molar-refractivity contribution in [2.75, 3.05) is 6.61 Å². The van der Waals surface area contributed by atoms with Gasteiger partial charge in [0.25, 0.3) is 0 Å². The van der Waals surface area contributed by atoms with Crippen LogP contribution in [0.5, 0.6) is 0 Å². The van der Waals surface area contributed by atoms with E-state index < -0.39 is 0 Å². The molecule has 0 saturated carbocycles. The molecule has 2 aromatic rings. The molecule has 23 heavy (non-hydrogen) atoms. The number of nitrogens with zero attached hydrogens (tertiary/aromatic N) is 1. The molecule has 0 unspecified atom stereocenters. The van der Waals surface area contributed by atoms with Gasteiger partial charge in [-0.2, -0.15) is 0 Å². The molecule has 0 radical (unpaired) electrons. The SMILES string of the molecule is O=C(OCCCCCCCC[n+]1ccccc1)c1ccccc1. The average molecular weight is 312 g/mol.